The first-order valence-corrected chi connectivity index (χ1v) is 17.6. The van der Waals surface area contributed by atoms with E-state index in [4.69, 9.17) is 0 Å². The second-order valence-corrected chi connectivity index (χ2v) is 13.3. The summed E-state index contributed by atoms with van der Waals surface area (Å²) in [5.41, 5.74) is 14.2. The van der Waals surface area contributed by atoms with E-state index in [0.717, 1.165) is 22.7 Å². The third-order valence-electron chi connectivity index (χ3n) is 10.6. The van der Waals surface area contributed by atoms with Crippen molar-refractivity contribution in [3.8, 4) is 16.8 Å². The Hall–Kier alpha value is -6.64. The van der Waals surface area contributed by atoms with Gasteiger partial charge in [0, 0.05) is 33.5 Å². The maximum atomic E-state index is 2.46. The second kappa shape index (κ2) is 11.8. The quantitative estimate of drug-likeness (QED) is 0.174. The first kappa shape index (κ1) is 29.3. The second-order valence-electron chi connectivity index (χ2n) is 13.3. The first-order valence-electron chi connectivity index (χ1n) is 17.6. The number of anilines is 3. The summed E-state index contributed by atoms with van der Waals surface area (Å²) in [7, 11) is 0. The molecule has 1 aromatic heterocycles. The van der Waals surface area contributed by atoms with Gasteiger partial charge in [-0.05, 0) is 94.0 Å². The summed E-state index contributed by atoms with van der Waals surface area (Å²) < 4.78 is 2.44. The molecule has 1 heterocycles. The number of hydrogen-bond acceptors (Lipinski definition) is 1. The van der Waals surface area contributed by atoms with Gasteiger partial charge in [0.25, 0.3) is 0 Å². The minimum Gasteiger partial charge on any atom is -0.310 e. The molecule has 1 aliphatic rings. The highest BCUT2D eigenvalue weighted by Crippen LogP contribution is 2.56. The predicted octanol–water partition coefficient (Wildman–Crippen LogP) is 12.6. The fraction of sp³-hybridized carbons (Fsp3) is 0.0204. The molecule has 0 saturated carbocycles. The molecule has 1 aliphatic carbocycles. The smallest absolute Gasteiger partial charge is 0.0714 e. The molecule has 0 unspecified atom stereocenters. The molecule has 0 aliphatic heterocycles. The standard InChI is InChI=1S/C49H34N2/c1-5-17-35(18-6-1)49(45-27-15-13-25-41(45)42-26-14-16-28-46(42)49)36-29-31-43-44-34-40(50(37-19-7-2-8-20-37)38-21-9-3-10-22-38)30-32-47(44)51(48(43)33-36)39-23-11-4-12-24-39/h1-34H. The van der Waals surface area contributed by atoms with Crippen molar-refractivity contribution in [2.45, 2.75) is 5.41 Å². The first-order chi connectivity index (χ1) is 25.3. The van der Waals surface area contributed by atoms with Gasteiger partial charge in [0.1, 0.15) is 0 Å². The molecular formula is C49H34N2. The van der Waals surface area contributed by atoms with Crippen LogP contribution in [0.2, 0.25) is 0 Å². The minimum atomic E-state index is -0.469. The lowest BCUT2D eigenvalue weighted by Gasteiger charge is -2.34. The van der Waals surface area contributed by atoms with E-state index in [2.05, 4.69) is 216 Å². The van der Waals surface area contributed by atoms with Crippen LogP contribution in [0.3, 0.4) is 0 Å². The van der Waals surface area contributed by atoms with Crippen molar-refractivity contribution >= 4 is 38.9 Å². The van der Waals surface area contributed by atoms with Gasteiger partial charge in [-0.2, -0.15) is 0 Å². The van der Waals surface area contributed by atoms with Crippen molar-refractivity contribution in [1.82, 2.24) is 4.57 Å². The SMILES string of the molecule is c1ccc(N(c2ccccc2)c2ccc3c(c2)c2ccc(C4(c5ccccc5)c5ccccc5-c5ccccc54)cc2n3-c2ccccc2)cc1. The monoisotopic (exact) mass is 650 g/mol. The summed E-state index contributed by atoms with van der Waals surface area (Å²) in [5.74, 6) is 0. The zero-order valence-electron chi connectivity index (χ0n) is 28.0. The Morgan fingerprint density at radius 2 is 0.882 bits per heavy atom. The Bertz CT molecular complexity index is 2590. The van der Waals surface area contributed by atoms with Gasteiger partial charge < -0.3 is 9.47 Å². The molecule has 0 atom stereocenters. The fourth-order valence-electron chi connectivity index (χ4n) is 8.55. The van der Waals surface area contributed by atoms with Crippen LogP contribution < -0.4 is 4.90 Å². The number of rotatable bonds is 6. The van der Waals surface area contributed by atoms with Crippen molar-refractivity contribution in [2.75, 3.05) is 4.90 Å². The average molecular weight is 651 g/mol. The van der Waals surface area contributed by atoms with Crippen LogP contribution in [0, 0.1) is 0 Å². The number of aromatic nitrogens is 1. The summed E-state index contributed by atoms with van der Waals surface area (Å²) >= 11 is 0. The number of nitrogens with zero attached hydrogens (tertiary/aromatic N) is 2. The van der Waals surface area contributed by atoms with Crippen LogP contribution in [-0.2, 0) is 5.41 Å². The molecule has 0 N–H and O–H groups in total. The third-order valence-corrected chi connectivity index (χ3v) is 10.6. The maximum absolute atomic E-state index is 2.46. The van der Waals surface area contributed by atoms with Crippen LogP contribution in [0.15, 0.2) is 206 Å². The van der Waals surface area contributed by atoms with E-state index >= 15 is 0 Å². The van der Waals surface area contributed by atoms with Gasteiger partial charge in [-0.15, -0.1) is 0 Å². The molecule has 2 nitrogen and oxygen atoms in total. The number of benzene rings is 8. The van der Waals surface area contributed by atoms with Gasteiger partial charge in [-0.3, -0.25) is 0 Å². The molecule has 9 aromatic rings. The number of fused-ring (bicyclic) bond motifs is 6. The Morgan fingerprint density at radius 1 is 0.353 bits per heavy atom. The number of para-hydroxylation sites is 3. The Balaban J connectivity index is 1.27. The van der Waals surface area contributed by atoms with Gasteiger partial charge in [-0.25, -0.2) is 0 Å². The van der Waals surface area contributed by atoms with Crippen molar-refractivity contribution < 1.29 is 0 Å². The highest BCUT2D eigenvalue weighted by atomic mass is 15.1. The van der Waals surface area contributed by atoms with E-state index in [1.165, 1.54) is 55.2 Å². The minimum absolute atomic E-state index is 0.469. The van der Waals surface area contributed by atoms with E-state index in [1.807, 2.05) is 0 Å². The van der Waals surface area contributed by atoms with Crippen LogP contribution in [-0.4, -0.2) is 4.57 Å². The molecule has 0 bridgehead atoms. The van der Waals surface area contributed by atoms with Crippen molar-refractivity contribution in [1.29, 1.82) is 0 Å². The molecule has 10 rings (SSSR count). The van der Waals surface area contributed by atoms with Gasteiger partial charge in [0.15, 0.2) is 0 Å². The van der Waals surface area contributed by atoms with E-state index in [9.17, 15) is 0 Å². The van der Waals surface area contributed by atoms with Crippen molar-refractivity contribution in [3.63, 3.8) is 0 Å². The third kappa shape index (κ3) is 4.43. The molecule has 0 radical (unpaired) electrons. The van der Waals surface area contributed by atoms with E-state index < -0.39 is 5.41 Å². The zero-order chi connectivity index (χ0) is 33.8. The molecule has 8 aromatic carbocycles. The van der Waals surface area contributed by atoms with E-state index in [0.29, 0.717) is 0 Å². The molecule has 51 heavy (non-hydrogen) atoms. The molecule has 0 fully saturated rings. The lowest BCUT2D eigenvalue weighted by Crippen LogP contribution is -2.28. The summed E-state index contributed by atoms with van der Waals surface area (Å²) in [6, 6.07) is 75.2. The highest BCUT2D eigenvalue weighted by Gasteiger charge is 2.46. The van der Waals surface area contributed by atoms with Gasteiger partial charge >= 0.3 is 0 Å². The fourth-order valence-corrected chi connectivity index (χ4v) is 8.55. The van der Waals surface area contributed by atoms with Gasteiger partial charge in [-0.1, -0.05) is 146 Å². The predicted molar refractivity (Wildman–Crippen MR) is 213 cm³/mol. The van der Waals surface area contributed by atoms with Crippen LogP contribution in [0.25, 0.3) is 38.6 Å². The molecule has 0 amide bonds. The highest BCUT2D eigenvalue weighted by molar-refractivity contribution is 6.11. The normalized spacial score (nSPS) is 12.9. The summed E-state index contributed by atoms with van der Waals surface area (Å²) in [4.78, 5) is 2.34. The van der Waals surface area contributed by atoms with Gasteiger partial charge in [0.05, 0.1) is 16.4 Å². The van der Waals surface area contributed by atoms with Gasteiger partial charge in [0.2, 0.25) is 0 Å². The average Bonchev–Trinajstić information content (AvgIpc) is 3.70. The van der Waals surface area contributed by atoms with E-state index in [1.54, 1.807) is 0 Å². The molecular weight excluding hydrogens is 617 g/mol. The maximum Gasteiger partial charge on any atom is 0.0714 e. The van der Waals surface area contributed by atoms with Crippen LogP contribution in [0.1, 0.15) is 22.3 Å². The summed E-state index contributed by atoms with van der Waals surface area (Å²) in [6.45, 7) is 0. The zero-order valence-corrected chi connectivity index (χ0v) is 28.0. The lowest BCUT2D eigenvalue weighted by molar-refractivity contribution is 0.769. The molecule has 0 spiro atoms. The van der Waals surface area contributed by atoms with Crippen molar-refractivity contribution in [3.05, 3.63) is 229 Å². The molecule has 0 saturated heterocycles. The van der Waals surface area contributed by atoms with Crippen LogP contribution in [0.5, 0.6) is 0 Å². The Morgan fingerprint density at radius 3 is 1.49 bits per heavy atom. The van der Waals surface area contributed by atoms with Crippen LogP contribution >= 0.6 is 0 Å². The Kier molecular flexibility index (Phi) is 6.75. The summed E-state index contributed by atoms with van der Waals surface area (Å²) in [5, 5.41) is 2.44. The Labute approximate surface area is 298 Å². The van der Waals surface area contributed by atoms with Crippen LogP contribution in [0.4, 0.5) is 17.1 Å². The number of hydrogen-bond donors (Lipinski definition) is 0. The lowest BCUT2D eigenvalue weighted by atomic mass is 9.67. The molecule has 2 heteroatoms. The largest absolute Gasteiger partial charge is 0.310 e. The topological polar surface area (TPSA) is 8.17 Å². The van der Waals surface area contributed by atoms with E-state index in [-0.39, 0.29) is 0 Å². The molecule has 240 valence electrons. The summed E-state index contributed by atoms with van der Waals surface area (Å²) in [6.07, 6.45) is 0. The van der Waals surface area contributed by atoms with Crippen molar-refractivity contribution in [2.24, 2.45) is 0 Å².